The summed E-state index contributed by atoms with van der Waals surface area (Å²) in [6, 6.07) is 17.3. The monoisotopic (exact) mass is 435 g/mol. The fraction of sp³-hybridized carbons (Fsp3) is 0.167. The summed E-state index contributed by atoms with van der Waals surface area (Å²) in [6.45, 7) is 3.19. The first kappa shape index (κ1) is 21.5. The van der Waals surface area contributed by atoms with Gasteiger partial charge in [-0.05, 0) is 54.8 Å². The van der Waals surface area contributed by atoms with Gasteiger partial charge in [-0.3, -0.25) is 5.32 Å². The number of rotatable bonds is 5. The van der Waals surface area contributed by atoms with Crippen molar-refractivity contribution in [3.05, 3.63) is 72.1 Å². The van der Waals surface area contributed by atoms with Crippen LogP contribution in [0.1, 0.15) is 24.5 Å². The molecule has 1 aliphatic heterocycles. The number of nitriles is 2. The first-order valence-corrected chi connectivity index (χ1v) is 10.4. The van der Waals surface area contributed by atoms with Crippen LogP contribution < -0.4 is 15.5 Å². The molecule has 33 heavy (non-hydrogen) atoms. The third-order valence-electron chi connectivity index (χ3n) is 5.07. The molecule has 2 heterocycles. The molecule has 0 bridgehead atoms. The summed E-state index contributed by atoms with van der Waals surface area (Å²) in [5.74, 6) is 1.55. The quantitative estimate of drug-likeness (QED) is 0.267. The molecule has 0 amide bonds. The third kappa shape index (κ3) is 5.49. The maximum Gasteiger partial charge on any atom is 0.232 e. The van der Waals surface area contributed by atoms with Gasteiger partial charge in [0.2, 0.25) is 11.9 Å². The van der Waals surface area contributed by atoms with Gasteiger partial charge >= 0.3 is 0 Å². The molecule has 0 saturated carbocycles. The third-order valence-corrected chi connectivity index (χ3v) is 5.07. The molecule has 4 rings (SSSR count). The second-order valence-corrected chi connectivity index (χ2v) is 7.33. The SMILES string of the molecule is CC(=Nc1cccc(Nc2ncnc(N3CC=C(c4ccc(C#N)cc4)CC3)n2)c1)NC#N. The molecule has 3 aromatic rings. The van der Waals surface area contributed by atoms with Gasteiger partial charge in [-0.25, -0.2) is 15.0 Å². The van der Waals surface area contributed by atoms with Crippen LogP contribution in [0.15, 0.2) is 65.9 Å². The van der Waals surface area contributed by atoms with Crippen molar-refractivity contribution in [2.45, 2.75) is 13.3 Å². The van der Waals surface area contributed by atoms with Gasteiger partial charge in [0.1, 0.15) is 12.2 Å². The number of aliphatic imine (C=N–C) groups is 1. The van der Waals surface area contributed by atoms with E-state index in [-0.39, 0.29) is 0 Å². The minimum atomic E-state index is 0.440. The predicted octanol–water partition coefficient (Wildman–Crippen LogP) is 3.90. The van der Waals surface area contributed by atoms with E-state index >= 15 is 0 Å². The number of benzene rings is 2. The Labute approximate surface area is 191 Å². The number of hydrogen-bond acceptors (Lipinski definition) is 8. The Morgan fingerprint density at radius 1 is 1.12 bits per heavy atom. The number of anilines is 3. The smallest absolute Gasteiger partial charge is 0.232 e. The van der Waals surface area contributed by atoms with E-state index in [4.69, 9.17) is 10.5 Å². The zero-order chi connectivity index (χ0) is 23.0. The van der Waals surface area contributed by atoms with Crippen LogP contribution in [0.5, 0.6) is 0 Å². The topological polar surface area (TPSA) is 126 Å². The molecule has 0 radical (unpaired) electrons. The van der Waals surface area contributed by atoms with E-state index in [0.29, 0.717) is 35.5 Å². The van der Waals surface area contributed by atoms with Gasteiger partial charge in [0.05, 0.1) is 17.3 Å². The lowest BCUT2D eigenvalue weighted by Crippen LogP contribution is -2.30. The maximum absolute atomic E-state index is 8.97. The highest BCUT2D eigenvalue weighted by molar-refractivity contribution is 5.84. The van der Waals surface area contributed by atoms with E-state index < -0.39 is 0 Å². The highest BCUT2D eigenvalue weighted by Gasteiger charge is 2.16. The highest BCUT2D eigenvalue weighted by atomic mass is 15.3. The summed E-state index contributed by atoms with van der Waals surface area (Å²) in [6.07, 6.45) is 6.37. The van der Waals surface area contributed by atoms with Gasteiger partial charge in [0.15, 0.2) is 6.19 Å². The lowest BCUT2D eigenvalue weighted by Gasteiger charge is -2.26. The molecular weight excluding hydrogens is 414 g/mol. The number of amidine groups is 1. The van der Waals surface area contributed by atoms with Crippen LogP contribution in [0.3, 0.4) is 0 Å². The first-order chi connectivity index (χ1) is 16.1. The zero-order valence-electron chi connectivity index (χ0n) is 18.0. The van der Waals surface area contributed by atoms with Crippen LogP contribution in [-0.4, -0.2) is 33.9 Å². The van der Waals surface area contributed by atoms with Crippen LogP contribution in [0.2, 0.25) is 0 Å². The summed E-state index contributed by atoms with van der Waals surface area (Å²) in [5.41, 5.74) is 4.52. The Balaban J connectivity index is 1.45. The van der Waals surface area contributed by atoms with Crippen molar-refractivity contribution in [1.82, 2.24) is 20.3 Å². The molecular formula is C24H21N9. The van der Waals surface area contributed by atoms with E-state index in [9.17, 15) is 0 Å². The number of hydrogen-bond donors (Lipinski definition) is 2. The second kappa shape index (κ2) is 10.0. The molecule has 1 aliphatic rings. The van der Waals surface area contributed by atoms with E-state index in [1.54, 1.807) is 6.92 Å². The van der Waals surface area contributed by atoms with Crippen molar-refractivity contribution >= 4 is 34.7 Å². The Morgan fingerprint density at radius 3 is 2.70 bits per heavy atom. The molecule has 0 fully saturated rings. The molecule has 0 saturated heterocycles. The standard InChI is InChI=1S/C24H21N9/c1-17(27-15-26)30-21-3-2-4-22(13-21)31-23-28-16-29-24(32-23)33-11-9-20(10-12-33)19-7-5-18(14-25)6-8-19/h2-9,13,16H,10-12H2,1H3,(H,27,30)(H,28,29,31,32). The van der Waals surface area contributed by atoms with Gasteiger partial charge in [-0.15, -0.1) is 0 Å². The fourth-order valence-electron chi connectivity index (χ4n) is 3.46. The minimum absolute atomic E-state index is 0.440. The van der Waals surface area contributed by atoms with Crippen molar-refractivity contribution in [1.29, 1.82) is 10.5 Å². The predicted molar refractivity (Wildman–Crippen MR) is 127 cm³/mol. The summed E-state index contributed by atoms with van der Waals surface area (Å²) >= 11 is 0. The number of aromatic nitrogens is 3. The summed E-state index contributed by atoms with van der Waals surface area (Å²) in [4.78, 5) is 19.6. The Hall–Kier alpha value is -4.76. The molecule has 1 aromatic heterocycles. The van der Waals surface area contributed by atoms with Gasteiger partial charge in [-0.2, -0.15) is 15.5 Å². The maximum atomic E-state index is 8.97. The molecule has 162 valence electrons. The fourth-order valence-corrected chi connectivity index (χ4v) is 3.46. The normalized spacial score (nSPS) is 13.5. The molecule has 0 aliphatic carbocycles. The van der Waals surface area contributed by atoms with Crippen molar-refractivity contribution < 1.29 is 0 Å². The molecule has 9 nitrogen and oxygen atoms in total. The molecule has 0 unspecified atom stereocenters. The molecule has 0 spiro atoms. The van der Waals surface area contributed by atoms with E-state index in [1.165, 1.54) is 11.9 Å². The molecule has 0 atom stereocenters. The largest absolute Gasteiger partial charge is 0.337 e. The van der Waals surface area contributed by atoms with Crippen molar-refractivity contribution in [3.8, 4) is 12.3 Å². The second-order valence-electron chi connectivity index (χ2n) is 7.33. The minimum Gasteiger partial charge on any atom is -0.337 e. The summed E-state index contributed by atoms with van der Waals surface area (Å²) in [5, 5.41) is 23.4. The van der Waals surface area contributed by atoms with Crippen molar-refractivity contribution in [3.63, 3.8) is 0 Å². The van der Waals surface area contributed by atoms with Gasteiger partial charge < -0.3 is 10.2 Å². The van der Waals surface area contributed by atoms with Crippen LogP contribution in [0.25, 0.3) is 5.57 Å². The lowest BCUT2D eigenvalue weighted by atomic mass is 9.99. The average molecular weight is 435 g/mol. The highest BCUT2D eigenvalue weighted by Crippen LogP contribution is 2.25. The first-order valence-electron chi connectivity index (χ1n) is 10.4. The average Bonchev–Trinajstić information content (AvgIpc) is 2.85. The lowest BCUT2D eigenvalue weighted by molar-refractivity contribution is 0.790. The van der Waals surface area contributed by atoms with Crippen molar-refractivity contribution in [2.24, 2.45) is 4.99 Å². The number of nitrogens with one attached hydrogen (secondary N) is 2. The van der Waals surface area contributed by atoms with Gasteiger partial charge in [-0.1, -0.05) is 24.3 Å². The molecule has 9 heteroatoms. The van der Waals surface area contributed by atoms with E-state index in [2.05, 4.69) is 47.6 Å². The number of nitrogens with zero attached hydrogens (tertiary/aromatic N) is 7. The molecule has 2 N–H and O–H groups in total. The van der Waals surface area contributed by atoms with Crippen LogP contribution in [-0.2, 0) is 0 Å². The van der Waals surface area contributed by atoms with Crippen LogP contribution >= 0.6 is 0 Å². The Kier molecular flexibility index (Phi) is 6.53. The Morgan fingerprint density at radius 2 is 1.97 bits per heavy atom. The van der Waals surface area contributed by atoms with Gasteiger partial charge in [0.25, 0.3) is 0 Å². The Bertz CT molecular complexity index is 1280. The van der Waals surface area contributed by atoms with Gasteiger partial charge in [0, 0.05) is 18.8 Å². The summed E-state index contributed by atoms with van der Waals surface area (Å²) in [7, 11) is 0. The van der Waals surface area contributed by atoms with Crippen molar-refractivity contribution in [2.75, 3.05) is 23.3 Å². The van der Waals surface area contributed by atoms with E-state index in [1.807, 2.05) is 54.7 Å². The zero-order valence-corrected chi connectivity index (χ0v) is 18.0. The van der Waals surface area contributed by atoms with Crippen LogP contribution in [0, 0.1) is 22.8 Å². The summed E-state index contributed by atoms with van der Waals surface area (Å²) < 4.78 is 0. The molecule has 2 aromatic carbocycles. The van der Waals surface area contributed by atoms with Crippen LogP contribution in [0.4, 0.5) is 23.3 Å². The van der Waals surface area contributed by atoms with E-state index in [0.717, 1.165) is 24.2 Å².